The molecule has 0 radical (unpaired) electrons. The van der Waals surface area contributed by atoms with Gasteiger partial charge in [-0.05, 0) is 76.1 Å². The molecule has 5 rings (SSSR count). The number of alkyl halides is 3. The molecule has 1 saturated carbocycles. The molecule has 0 aromatic carbocycles. The predicted octanol–water partition coefficient (Wildman–Crippen LogP) is 5.13. The fourth-order valence-corrected chi connectivity index (χ4v) is 6.69. The lowest BCUT2D eigenvalue weighted by molar-refractivity contribution is -0.194. The van der Waals surface area contributed by atoms with Crippen molar-refractivity contribution in [3.8, 4) is 11.7 Å². The lowest BCUT2D eigenvalue weighted by Crippen LogP contribution is -2.41. The number of likely N-dealkylation sites (tertiary alicyclic amines) is 1. The van der Waals surface area contributed by atoms with E-state index in [1.807, 2.05) is 18.6 Å². The summed E-state index contributed by atoms with van der Waals surface area (Å²) in [7, 11) is -4.41. The van der Waals surface area contributed by atoms with Crippen LogP contribution in [-0.2, 0) is 10.0 Å². The Morgan fingerprint density at radius 3 is 2.53 bits per heavy atom. The van der Waals surface area contributed by atoms with Crippen LogP contribution in [0, 0.1) is 11.3 Å². The van der Waals surface area contributed by atoms with Crippen LogP contribution >= 0.6 is 11.6 Å². The SMILES string of the molecule is CC1(C)C[C@H](CCCNc2cccc(S(=O)(=O)NC(=O)c3ccc(-n4ccc(OCC5(C(F)(F)F)CC5)n4)nc3Cl)n2)CN1C(=O)O. The number of nitrogens with one attached hydrogen (secondary N) is 2. The predicted molar refractivity (Wildman–Crippen MR) is 163 cm³/mol. The number of aromatic nitrogens is 4. The van der Waals surface area contributed by atoms with Gasteiger partial charge in [-0.3, -0.25) is 4.79 Å². The number of nitrogens with zero attached hydrogens (tertiary/aromatic N) is 5. The van der Waals surface area contributed by atoms with Gasteiger partial charge in [-0.1, -0.05) is 17.7 Å². The number of hydrogen-bond acceptors (Lipinski definition) is 9. The highest BCUT2D eigenvalue weighted by molar-refractivity contribution is 7.90. The number of carboxylic acid groups (broad SMARTS) is 1. The summed E-state index contributed by atoms with van der Waals surface area (Å²) in [6.07, 6.45) is -1.70. The summed E-state index contributed by atoms with van der Waals surface area (Å²) < 4.78 is 73.8. The van der Waals surface area contributed by atoms with Crippen LogP contribution < -0.4 is 14.8 Å². The summed E-state index contributed by atoms with van der Waals surface area (Å²) >= 11 is 6.20. The Hall–Kier alpha value is -4.12. The molecule has 1 atom stereocenters. The monoisotopic (exact) mass is 699 g/mol. The van der Waals surface area contributed by atoms with Crippen LogP contribution in [0.4, 0.5) is 23.8 Å². The summed E-state index contributed by atoms with van der Waals surface area (Å²) in [4.78, 5) is 34.0. The van der Waals surface area contributed by atoms with Crippen molar-refractivity contribution in [1.82, 2.24) is 29.4 Å². The van der Waals surface area contributed by atoms with Gasteiger partial charge in [-0.25, -0.2) is 24.2 Å². The molecule has 1 saturated heterocycles. The number of carbonyl (C=O) groups excluding carboxylic acids is 1. The standard InChI is InChI=1S/C29H33ClF3N7O6S/c1-27(2)15-18(16-39(27)26(42)43)5-4-13-34-20-6-3-7-23(35-20)47(44,45)38-25(41)19-8-9-21(36-24(19)30)40-14-10-22(37-40)46-17-28(11-12-28)29(31,32)33/h3,6-10,14,18H,4-5,11-13,15-17H2,1-2H3,(H,34,35)(H,38,41)(H,42,43)/t18-/m0/s1. The second-order valence-corrected chi connectivity index (χ2v) is 14.3. The molecule has 254 valence electrons. The third kappa shape index (κ3) is 7.72. The van der Waals surface area contributed by atoms with Crippen molar-refractivity contribution in [1.29, 1.82) is 0 Å². The average molecular weight is 700 g/mol. The van der Waals surface area contributed by atoms with Gasteiger partial charge in [0.25, 0.3) is 15.9 Å². The van der Waals surface area contributed by atoms with E-state index in [0.29, 0.717) is 19.5 Å². The van der Waals surface area contributed by atoms with Crippen LogP contribution in [0.5, 0.6) is 5.88 Å². The van der Waals surface area contributed by atoms with Crippen LogP contribution in [0.25, 0.3) is 5.82 Å². The minimum atomic E-state index is -4.41. The smallest absolute Gasteiger partial charge is 0.407 e. The van der Waals surface area contributed by atoms with Crippen molar-refractivity contribution in [3.05, 3.63) is 53.3 Å². The van der Waals surface area contributed by atoms with Gasteiger partial charge in [0.2, 0.25) is 5.88 Å². The third-order valence-corrected chi connectivity index (χ3v) is 9.86. The molecule has 2 aliphatic rings. The van der Waals surface area contributed by atoms with E-state index in [4.69, 9.17) is 16.3 Å². The number of sulfonamides is 1. The maximum atomic E-state index is 13.2. The fourth-order valence-electron chi connectivity index (χ4n) is 5.52. The zero-order valence-electron chi connectivity index (χ0n) is 25.4. The zero-order valence-corrected chi connectivity index (χ0v) is 27.0. The molecule has 1 aliphatic carbocycles. The first-order valence-electron chi connectivity index (χ1n) is 14.7. The van der Waals surface area contributed by atoms with Crippen molar-refractivity contribution >= 4 is 39.4 Å². The first-order valence-corrected chi connectivity index (χ1v) is 16.6. The molecular formula is C29H33ClF3N7O6S. The molecular weight excluding hydrogens is 667 g/mol. The maximum Gasteiger partial charge on any atom is 0.407 e. The minimum absolute atomic E-state index is 0.0108. The zero-order chi connectivity index (χ0) is 34.2. The number of pyridine rings is 2. The molecule has 2 fully saturated rings. The first-order chi connectivity index (χ1) is 22.0. The second kappa shape index (κ2) is 12.8. The van der Waals surface area contributed by atoms with E-state index in [-0.39, 0.29) is 47.0 Å². The molecule has 1 aliphatic heterocycles. The van der Waals surface area contributed by atoms with E-state index in [9.17, 15) is 36.3 Å². The molecule has 3 N–H and O–H groups in total. The molecule has 0 bridgehead atoms. The highest BCUT2D eigenvalue weighted by Gasteiger charge is 2.64. The van der Waals surface area contributed by atoms with Crippen molar-refractivity contribution in [3.63, 3.8) is 0 Å². The van der Waals surface area contributed by atoms with Gasteiger partial charge in [0.05, 0.1) is 5.56 Å². The quantitative estimate of drug-likeness (QED) is 0.170. The van der Waals surface area contributed by atoms with Crippen molar-refractivity contribution < 1.29 is 41.0 Å². The van der Waals surface area contributed by atoms with E-state index in [1.165, 1.54) is 46.1 Å². The number of halogens is 4. The van der Waals surface area contributed by atoms with E-state index < -0.39 is 50.8 Å². The van der Waals surface area contributed by atoms with Crippen LogP contribution in [0.15, 0.2) is 47.6 Å². The van der Waals surface area contributed by atoms with Crippen LogP contribution in [0.3, 0.4) is 0 Å². The number of anilines is 1. The lowest BCUT2D eigenvalue weighted by atomic mass is 9.93. The third-order valence-electron chi connectivity index (χ3n) is 8.34. The van der Waals surface area contributed by atoms with Crippen molar-refractivity contribution in [2.45, 2.75) is 62.7 Å². The summed E-state index contributed by atoms with van der Waals surface area (Å²) in [5.74, 6) is -0.518. The normalized spacial score (nSPS) is 18.5. The van der Waals surface area contributed by atoms with Gasteiger partial charge < -0.3 is 20.1 Å². The Labute approximate surface area is 273 Å². The molecule has 2 amide bonds. The number of amides is 2. The average Bonchev–Trinajstić information content (AvgIpc) is 3.54. The summed E-state index contributed by atoms with van der Waals surface area (Å²) in [5, 5.41) is 15.8. The minimum Gasteiger partial charge on any atom is -0.476 e. The maximum absolute atomic E-state index is 13.2. The van der Waals surface area contributed by atoms with Gasteiger partial charge in [-0.15, -0.1) is 5.10 Å². The molecule has 4 heterocycles. The summed E-state index contributed by atoms with van der Waals surface area (Å²) in [5.41, 5.74) is -2.54. The van der Waals surface area contributed by atoms with Gasteiger partial charge in [0.1, 0.15) is 23.0 Å². The molecule has 0 spiro atoms. The van der Waals surface area contributed by atoms with Gasteiger partial charge >= 0.3 is 12.3 Å². The number of hydrogen-bond donors (Lipinski definition) is 3. The van der Waals surface area contributed by atoms with E-state index in [2.05, 4.69) is 20.4 Å². The molecule has 47 heavy (non-hydrogen) atoms. The largest absolute Gasteiger partial charge is 0.476 e. The van der Waals surface area contributed by atoms with Crippen LogP contribution in [-0.4, -0.2) is 81.6 Å². The van der Waals surface area contributed by atoms with Gasteiger partial charge in [-0.2, -0.15) is 21.6 Å². The van der Waals surface area contributed by atoms with E-state index in [1.54, 1.807) is 6.07 Å². The number of carbonyl (C=O) groups is 2. The molecule has 18 heteroatoms. The van der Waals surface area contributed by atoms with Gasteiger partial charge in [0, 0.05) is 30.9 Å². The van der Waals surface area contributed by atoms with Crippen molar-refractivity contribution in [2.24, 2.45) is 11.3 Å². The molecule has 0 unspecified atom stereocenters. The number of rotatable bonds is 12. The first kappa shape index (κ1) is 34.2. The van der Waals surface area contributed by atoms with Crippen molar-refractivity contribution in [2.75, 3.05) is 25.0 Å². The Bertz CT molecular complexity index is 1760. The highest BCUT2D eigenvalue weighted by atomic mass is 35.5. The number of ether oxygens (including phenoxy) is 1. The fraction of sp³-hybridized carbons (Fsp3) is 0.483. The lowest BCUT2D eigenvalue weighted by Gasteiger charge is -2.28. The summed E-state index contributed by atoms with van der Waals surface area (Å²) in [6, 6.07) is 8.19. The Morgan fingerprint density at radius 1 is 1.15 bits per heavy atom. The Balaban J connectivity index is 1.15. The highest BCUT2D eigenvalue weighted by Crippen LogP contribution is 2.57. The molecule has 13 nitrogen and oxygen atoms in total. The summed E-state index contributed by atoms with van der Waals surface area (Å²) in [6.45, 7) is 4.18. The topological polar surface area (TPSA) is 169 Å². The Morgan fingerprint density at radius 2 is 1.89 bits per heavy atom. The second-order valence-electron chi connectivity index (χ2n) is 12.3. The van der Waals surface area contributed by atoms with Gasteiger partial charge in [0.15, 0.2) is 10.8 Å². The molecule has 3 aromatic heterocycles. The van der Waals surface area contributed by atoms with E-state index in [0.717, 1.165) is 12.8 Å². The van der Waals surface area contributed by atoms with Crippen LogP contribution in [0.1, 0.15) is 56.3 Å². The van der Waals surface area contributed by atoms with Crippen LogP contribution in [0.2, 0.25) is 5.15 Å². The van der Waals surface area contributed by atoms with E-state index >= 15 is 0 Å². The Kier molecular flexibility index (Phi) is 9.34. The molecule has 3 aromatic rings.